The largest absolute Gasteiger partial charge is 0.491 e. The molecule has 0 heterocycles. The third-order valence-corrected chi connectivity index (χ3v) is 4.39. The topological polar surface area (TPSA) is 103 Å². The molecule has 0 amide bonds. The summed E-state index contributed by atoms with van der Waals surface area (Å²) in [5.74, 6) is -0.454. The second-order valence-corrected chi connectivity index (χ2v) is 6.73. The van der Waals surface area contributed by atoms with Crippen LogP contribution in [0.4, 0.5) is 5.69 Å². The number of nitriles is 1. The van der Waals surface area contributed by atoms with Crippen molar-refractivity contribution in [1.29, 1.82) is 5.26 Å². The average molecular weight is 368 g/mol. The number of carboxylic acids is 1. The molecule has 0 aliphatic rings. The Morgan fingerprint density at radius 2 is 1.93 bits per heavy atom. The summed E-state index contributed by atoms with van der Waals surface area (Å²) in [6, 6.07) is 14.1. The highest BCUT2D eigenvalue weighted by atomic mass is 16.5. The molecule has 3 N–H and O–H groups in total. The molecule has 142 valence electrons. The van der Waals surface area contributed by atoms with Crippen LogP contribution in [0.1, 0.15) is 43.4 Å². The number of nitrogens with zero attached hydrogens (tertiary/aromatic N) is 1. The van der Waals surface area contributed by atoms with Crippen molar-refractivity contribution in [2.24, 2.45) is 0 Å². The van der Waals surface area contributed by atoms with Gasteiger partial charge in [0.05, 0.1) is 18.2 Å². The second-order valence-electron chi connectivity index (χ2n) is 6.73. The Kier molecular flexibility index (Phi) is 6.43. The van der Waals surface area contributed by atoms with Crippen LogP contribution in [-0.4, -0.2) is 29.4 Å². The van der Waals surface area contributed by atoms with E-state index in [1.807, 2.05) is 32.0 Å². The SMILES string of the molecule is CC(C)c1ccc(OCCO)c(C(C)(Nc2ccc(C#N)cc2)C(=O)O)c1. The van der Waals surface area contributed by atoms with Gasteiger partial charge in [-0.3, -0.25) is 0 Å². The number of rotatable bonds is 8. The van der Waals surface area contributed by atoms with E-state index >= 15 is 0 Å². The van der Waals surface area contributed by atoms with Crippen LogP contribution in [0.3, 0.4) is 0 Å². The summed E-state index contributed by atoms with van der Waals surface area (Å²) in [5, 5.41) is 31.1. The third-order valence-electron chi connectivity index (χ3n) is 4.39. The maximum atomic E-state index is 12.2. The zero-order valence-electron chi connectivity index (χ0n) is 15.7. The van der Waals surface area contributed by atoms with Crippen molar-refractivity contribution in [2.75, 3.05) is 18.5 Å². The maximum Gasteiger partial charge on any atom is 0.333 e. The van der Waals surface area contributed by atoms with Gasteiger partial charge in [0.25, 0.3) is 0 Å². The van der Waals surface area contributed by atoms with E-state index in [1.54, 1.807) is 37.3 Å². The molecule has 2 aromatic carbocycles. The molecule has 0 saturated heterocycles. The Morgan fingerprint density at radius 3 is 2.44 bits per heavy atom. The highest BCUT2D eigenvalue weighted by molar-refractivity contribution is 5.85. The zero-order chi connectivity index (χ0) is 20.0. The molecule has 1 unspecified atom stereocenters. The summed E-state index contributed by atoms with van der Waals surface area (Å²) < 4.78 is 5.60. The van der Waals surface area contributed by atoms with Crippen molar-refractivity contribution in [3.05, 3.63) is 59.2 Å². The van der Waals surface area contributed by atoms with Gasteiger partial charge in [-0.1, -0.05) is 19.9 Å². The van der Waals surface area contributed by atoms with Crippen LogP contribution in [0, 0.1) is 11.3 Å². The molecular formula is C21H24N2O4. The van der Waals surface area contributed by atoms with E-state index in [2.05, 4.69) is 5.32 Å². The number of carbonyl (C=O) groups is 1. The van der Waals surface area contributed by atoms with Gasteiger partial charge in [-0.25, -0.2) is 4.79 Å². The van der Waals surface area contributed by atoms with E-state index in [-0.39, 0.29) is 19.1 Å². The van der Waals surface area contributed by atoms with Crippen LogP contribution in [0.25, 0.3) is 0 Å². The van der Waals surface area contributed by atoms with Crippen LogP contribution < -0.4 is 10.1 Å². The van der Waals surface area contributed by atoms with E-state index in [0.717, 1.165) is 5.56 Å². The van der Waals surface area contributed by atoms with Crippen LogP contribution in [0.2, 0.25) is 0 Å². The lowest BCUT2D eigenvalue weighted by molar-refractivity contribution is -0.142. The molecule has 6 nitrogen and oxygen atoms in total. The molecule has 2 rings (SSSR count). The minimum atomic E-state index is -1.47. The van der Waals surface area contributed by atoms with Gasteiger partial charge in [-0.15, -0.1) is 0 Å². The molecule has 27 heavy (non-hydrogen) atoms. The van der Waals surface area contributed by atoms with Crippen molar-refractivity contribution in [3.63, 3.8) is 0 Å². The standard InChI is InChI=1S/C21H24N2O4/c1-14(2)16-6-9-19(27-11-10-24)18(12-16)21(3,20(25)26)23-17-7-4-15(13-22)5-8-17/h4-9,12,14,23-24H,10-11H2,1-3H3,(H,25,26). The molecule has 0 fully saturated rings. The fraction of sp³-hybridized carbons (Fsp3) is 0.333. The van der Waals surface area contributed by atoms with Gasteiger partial charge in [-0.05, 0) is 54.8 Å². The predicted octanol–water partition coefficient (Wildman–Crippen LogP) is 3.46. The fourth-order valence-electron chi connectivity index (χ4n) is 2.73. The van der Waals surface area contributed by atoms with Gasteiger partial charge in [0.15, 0.2) is 5.54 Å². The first-order valence-electron chi connectivity index (χ1n) is 8.71. The van der Waals surface area contributed by atoms with Gasteiger partial charge in [0.1, 0.15) is 12.4 Å². The summed E-state index contributed by atoms with van der Waals surface area (Å²) in [6.45, 7) is 5.52. The Hall–Kier alpha value is -3.04. The van der Waals surface area contributed by atoms with Crippen LogP contribution in [0.5, 0.6) is 5.75 Å². The molecule has 1 atom stereocenters. The van der Waals surface area contributed by atoms with Gasteiger partial charge in [0, 0.05) is 11.3 Å². The lowest BCUT2D eigenvalue weighted by Gasteiger charge is -2.30. The Labute approximate surface area is 159 Å². The number of hydrogen-bond acceptors (Lipinski definition) is 5. The maximum absolute atomic E-state index is 12.2. The Balaban J connectivity index is 2.53. The van der Waals surface area contributed by atoms with Gasteiger partial charge < -0.3 is 20.3 Å². The first-order chi connectivity index (χ1) is 12.8. The molecule has 6 heteroatoms. The van der Waals surface area contributed by atoms with Crippen molar-refractivity contribution < 1.29 is 19.7 Å². The summed E-state index contributed by atoms with van der Waals surface area (Å²) in [6.07, 6.45) is 0. The summed E-state index contributed by atoms with van der Waals surface area (Å²) in [5.41, 5.74) is 1.05. The minimum absolute atomic E-state index is 0.0700. The summed E-state index contributed by atoms with van der Waals surface area (Å²) >= 11 is 0. The molecule has 0 aliphatic heterocycles. The molecule has 0 aromatic heterocycles. The zero-order valence-corrected chi connectivity index (χ0v) is 15.7. The fourth-order valence-corrected chi connectivity index (χ4v) is 2.73. The highest BCUT2D eigenvalue weighted by Crippen LogP contribution is 2.36. The number of nitrogens with one attached hydrogen (secondary N) is 1. The molecule has 0 saturated carbocycles. The normalized spacial score (nSPS) is 12.9. The van der Waals surface area contributed by atoms with Crippen molar-refractivity contribution in [1.82, 2.24) is 0 Å². The number of benzene rings is 2. The number of anilines is 1. The van der Waals surface area contributed by atoms with Gasteiger partial charge >= 0.3 is 5.97 Å². The highest BCUT2D eigenvalue weighted by Gasteiger charge is 2.38. The molecular weight excluding hydrogens is 344 g/mol. The molecule has 0 aliphatic carbocycles. The number of hydrogen-bond donors (Lipinski definition) is 3. The first kappa shape index (κ1) is 20.3. The number of ether oxygens (including phenoxy) is 1. The second kappa shape index (κ2) is 8.56. The van der Waals surface area contributed by atoms with Crippen molar-refractivity contribution in [2.45, 2.75) is 32.2 Å². The smallest absolute Gasteiger partial charge is 0.333 e. The Morgan fingerprint density at radius 1 is 1.26 bits per heavy atom. The average Bonchev–Trinajstić information content (AvgIpc) is 2.66. The summed E-state index contributed by atoms with van der Waals surface area (Å²) in [4.78, 5) is 12.2. The van der Waals surface area contributed by atoms with Gasteiger partial charge in [-0.2, -0.15) is 5.26 Å². The van der Waals surface area contributed by atoms with Crippen molar-refractivity contribution in [3.8, 4) is 11.8 Å². The van der Waals surface area contributed by atoms with Crippen LogP contribution in [0.15, 0.2) is 42.5 Å². The number of aliphatic hydroxyl groups is 1. The first-order valence-corrected chi connectivity index (χ1v) is 8.71. The summed E-state index contributed by atoms with van der Waals surface area (Å²) in [7, 11) is 0. The number of aliphatic hydroxyl groups excluding tert-OH is 1. The van der Waals surface area contributed by atoms with E-state index in [9.17, 15) is 9.90 Å². The molecule has 0 spiro atoms. The van der Waals surface area contributed by atoms with Crippen molar-refractivity contribution >= 4 is 11.7 Å². The van der Waals surface area contributed by atoms with Crippen LogP contribution in [-0.2, 0) is 10.3 Å². The number of aliphatic carboxylic acids is 1. The predicted molar refractivity (Wildman–Crippen MR) is 103 cm³/mol. The van der Waals surface area contributed by atoms with E-state index in [4.69, 9.17) is 15.1 Å². The molecule has 0 bridgehead atoms. The molecule has 0 radical (unpaired) electrons. The van der Waals surface area contributed by atoms with E-state index < -0.39 is 11.5 Å². The monoisotopic (exact) mass is 368 g/mol. The quantitative estimate of drug-likeness (QED) is 0.659. The number of carboxylic acid groups (broad SMARTS) is 1. The lowest BCUT2D eigenvalue weighted by Crippen LogP contribution is -2.41. The minimum Gasteiger partial charge on any atom is -0.491 e. The van der Waals surface area contributed by atoms with Crippen LogP contribution >= 0.6 is 0 Å². The lowest BCUT2D eigenvalue weighted by atomic mass is 9.87. The third kappa shape index (κ3) is 4.57. The van der Waals surface area contributed by atoms with E-state index in [0.29, 0.717) is 22.6 Å². The molecule has 2 aromatic rings. The van der Waals surface area contributed by atoms with Gasteiger partial charge in [0.2, 0.25) is 0 Å². The Bertz CT molecular complexity index is 840. The van der Waals surface area contributed by atoms with E-state index in [1.165, 1.54) is 0 Å².